The van der Waals surface area contributed by atoms with E-state index in [2.05, 4.69) is 21.2 Å². The summed E-state index contributed by atoms with van der Waals surface area (Å²) < 4.78 is 40.3. The second kappa shape index (κ2) is 5.90. The van der Waals surface area contributed by atoms with Gasteiger partial charge in [0.1, 0.15) is 10.7 Å². The number of halogens is 2. The highest BCUT2D eigenvalue weighted by atomic mass is 79.9. The molecule has 6 nitrogen and oxygen atoms in total. The molecule has 0 bridgehead atoms. The molecule has 0 spiro atoms. The van der Waals surface area contributed by atoms with E-state index in [-0.39, 0.29) is 30.7 Å². The van der Waals surface area contributed by atoms with Gasteiger partial charge in [-0.05, 0) is 34.5 Å². The molecular formula is C12H15BrFN3O3S. The third kappa shape index (κ3) is 3.35. The van der Waals surface area contributed by atoms with E-state index in [1.165, 1.54) is 6.92 Å². The Balaban J connectivity index is 2.28. The van der Waals surface area contributed by atoms with Crippen LogP contribution in [-0.2, 0) is 14.8 Å². The standard InChI is InChI=1S/C12H15BrFN3O3S/c1-7(18)16-8-2-3-17(6-8)21(19,20)12-5-11(15)9(13)4-10(12)14/h4-5,8H,2-3,6,15H2,1H3,(H,16,18). The van der Waals surface area contributed by atoms with Crippen LogP contribution < -0.4 is 11.1 Å². The summed E-state index contributed by atoms with van der Waals surface area (Å²) in [6.07, 6.45) is 0.492. The molecule has 1 heterocycles. The molecule has 3 N–H and O–H groups in total. The lowest BCUT2D eigenvalue weighted by molar-refractivity contribution is -0.119. The predicted octanol–water partition coefficient (Wildman–Crippen LogP) is 1.07. The third-order valence-corrected chi connectivity index (χ3v) is 5.79. The van der Waals surface area contributed by atoms with Gasteiger partial charge in [0.05, 0.1) is 0 Å². The van der Waals surface area contributed by atoms with Gasteiger partial charge in [-0.1, -0.05) is 0 Å². The second-order valence-electron chi connectivity index (χ2n) is 4.85. The van der Waals surface area contributed by atoms with Gasteiger partial charge in [-0.15, -0.1) is 0 Å². The van der Waals surface area contributed by atoms with Gasteiger partial charge in [0.2, 0.25) is 15.9 Å². The van der Waals surface area contributed by atoms with Gasteiger partial charge < -0.3 is 11.1 Å². The first-order valence-corrected chi connectivity index (χ1v) is 8.47. The fraction of sp³-hybridized carbons (Fsp3) is 0.417. The fourth-order valence-electron chi connectivity index (χ4n) is 2.23. The number of hydrogen-bond acceptors (Lipinski definition) is 4. The number of nitrogens with one attached hydrogen (secondary N) is 1. The van der Waals surface area contributed by atoms with Crippen LogP contribution >= 0.6 is 15.9 Å². The maximum atomic E-state index is 13.9. The fourth-order valence-corrected chi connectivity index (χ4v) is 4.13. The Hall–Kier alpha value is -1.19. The molecule has 1 fully saturated rings. The summed E-state index contributed by atoms with van der Waals surface area (Å²) in [6, 6.07) is 1.87. The number of carbonyl (C=O) groups excluding carboxylic acids is 1. The lowest BCUT2D eigenvalue weighted by Crippen LogP contribution is -2.37. The third-order valence-electron chi connectivity index (χ3n) is 3.23. The van der Waals surface area contributed by atoms with Crippen LogP contribution in [0.3, 0.4) is 0 Å². The van der Waals surface area contributed by atoms with Crippen molar-refractivity contribution in [2.75, 3.05) is 18.8 Å². The highest BCUT2D eigenvalue weighted by Gasteiger charge is 2.34. The first-order chi connectivity index (χ1) is 9.71. The van der Waals surface area contributed by atoms with E-state index in [9.17, 15) is 17.6 Å². The van der Waals surface area contributed by atoms with Crippen molar-refractivity contribution < 1.29 is 17.6 Å². The highest BCUT2D eigenvalue weighted by Crippen LogP contribution is 2.29. The first kappa shape index (κ1) is 16.2. The summed E-state index contributed by atoms with van der Waals surface area (Å²) in [6.45, 7) is 1.71. The Bertz CT molecular complexity index is 681. The quantitative estimate of drug-likeness (QED) is 0.768. The lowest BCUT2D eigenvalue weighted by atomic mass is 10.3. The molecule has 1 aliphatic rings. The SMILES string of the molecule is CC(=O)NC1CCN(S(=O)(=O)c2cc(N)c(Br)cc2F)C1. The lowest BCUT2D eigenvalue weighted by Gasteiger charge is -2.18. The van der Waals surface area contributed by atoms with Crippen molar-refractivity contribution in [3.05, 3.63) is 22.4 Å². The number of nitrogens with zero attached hydrogens (tertiary/aromatic N) is 1. The molecule has 0 aliphatic carbocycles. The molecule has 1 aromatic rings. The van der Waals surface area contributed by atoms with Crippen molar-refractivity contribution in [3.8, 4) is 0 Å². The maximum absolute atomic E-state index is 13.9. The van der Waals surface area contributed by atoms with Gasteiger partial charge in [0, 0.05) is 36.2 Å². The Labute approximate surface area is 130 Å². The zero-order valence-corrected chi connectivity index (χ0v) is 13.7. The first-order valence-electron chi connectivity index (χ1n) is 6.23. The average Bonchev–Trinajstić information content (AvgIpc) is 2.81. The van der Waals surface area contributed by atoms with Crippen molar-refractivity contribution >= 4 is 37.5 Å². The number of benzene rings is 1. The molecule has 9 heteroatoms. The number of sulfonamides is 1. The maximum Gasteiger partial charge on any atom is 0.246 e. The number of rotatable bonds is 3. The van der Waals surface area contributed by atoms with Crippen LogP contribution in [0.5, 0.6) is 0 Å². The number of carbonyl (C=O) groups is 1. The van der Waals surface area contributed by atoms with Crippen LogP contribution in [0.2, 0.25) is 0 Å². The number of nitrogen functional groups attached to an aromatic ring is 1. The molecule has 0 aromatic heterocycles. The van der Waals surface area contributed by atoms with Crippen LogP contribution in [0.15, 0.2) is 21.5 Å². The summed E-state index contributed by atoms with van der Waals surface area (Å²) in [5.74, 6) is -1.09. The van der Waals surface area contributed by atoms with E-state index in [0.29, 0.717) is 10.9 Å². The molecular weight excluding hydrogens is 365 g/mol. The normalized spacial score (nSPS) is 19.7. The zero-order valence-electron chi connectivity index (χ0n) is 11.3. The van der Waals surface area contributed by atoms with Gasteiger partial charge in [0.25, 0.3) is 0 Å². The largest absolute Gasteiger partial charge is 0.398 e. The van der Waals surface area contributed by atoms with E-state index in [1.807, 2.05) is 0 Å². The molecule has 1 aromatic carbocycles. The summed E-state index contributed by atoms with van der Waals surface area (Å²) in [7, 11) is -3.97. The van der Waals surface area contributed by atoms with Crippen molar-refractivity contribution in [1.29, 1.82) is 0 Å². The number of hydrogen-bond donors (Lipinski definition) is 2. The minimum absolute atomic E-state index is 0.122. The Kier molecular flexibility index (Phi) is 4.54. The van der Waals surface area contributed by atoms with E-state index in [4.69, 9.17) is 5.73 Å². The van der Waals surface area contributed by atoms with Crippen molar-refractivity contribution in [3.63, 3.8) is 0 Å². The number of nitrogens with two attached hydrogens (primary N) is 1. The van der Waals surface area contributed by atoms with Gasteiger partial charge in [0.15, 0.2) is 0 Å². The van der Waals surface area contributed by atoms with Crippen LogP contribution in [0.4, 0.5) is 10.1 Å². The molecule has 1 unspecified atom stereocenters. The van der Waals surface area contributed by atoms with Gasteiger partial charge in [-0.2, -0.15) is 4.31 Å². The van der Waals surface area contributed by atoms with Crippen LogP contribution in [0.1, 0.15) is 13.3 Å². The van der Waals surface area contributed by atoms with Crippen LogP contribution in [0.25, 0.3) is 0 Å². The van der Waals surface area contributed by atoms with E-state index < -0.39 is 20.7 Å². The van der Waals surface area contributed by atoms with E-state index in [0.717, 1.165) is 16.4 Å². The molecule has 1 atom stereocenters. The van der Waals surface area contributed by atoms with Crippen molar-refractivity contribution in [2.45, 2.75) is 24.3 Å². The Morgan fingerprint density at radius 2 is 2.19 bits per heavy atom. The second-order valence-corrected chi connectivity index (χ2v) is 7.61. The van der Waals surface area contributed by atoms with E-state index >= 15 is 0 Å². The summed E-state index contributed by atoms with van der Waals surface area (Å²) in [5.41, 5.74) is 5.77. The molecule has 1 amide bonds. The zero-order chi connectivity index (χ0) is 15.8. The topological polar surface area (TPSA) is 92.5 Å². The summed E-state index contributed by atoms with van der Waals surface area (Å²) >= 11 is 3.05. The van der Waals surface area contributed by atoms with Crippen LogP contribution in [0, 0.1) is 5.82 Å². The van der Waals surface area contributed by atoms with Crippen molar-refractivity contribution in [2.24, 2.45) is 0 Å². The minimum Gasteiger partial charge on any atom is -0.398 e. The smallest absolute Gasteiger partial charge is 0.246 e. The summed E-state index contributed by atoms with van der Waals surface area (Å²) in [4.78, 5) is 10.5. The highest BCUT2D eigenvalue weighted by molar-refractivity contribution is 9.10. The van der Waals surface area contributed by atoms with Crippen LogP contribution in [-0.4, -0.2) is 37.8 Å². The molecule has 0 radical (unpaired) electrons. The Morgan fingerprint density at radius 3 is 2.81 bits per heavy atom. The molecule has 21 heavy (non-hydrogen) atoms. The van der Waals surface area contributed by atoms with Crippen molar-refractivity contribution in [1.82, 2.24) is 9.62 Å². The molecule has 2 rings (SSSR count). The monoisotopic (exact) mass is 379 g/mol. The van der Waals surface area contributed by atoms with Gasteiger partial charge in [-0.25, -0.2) is 12.8 Å². The van der Waals surface area contributed by atoms with Gasteiger partial charge in [-0.3, -0.25) is 4.79 Å². The van der Waals surface area contributed by atoms with Gasteiger partial charge >= 0.3 is 0 Å². The Morgan fingerprint density at radius 1 is 1.52 bits per heavy atom. The summed E-state index contributed by atoms with van der Waals surface area (Å²) in [5, 5.41) is 2.66. The van der Waals surface area contributed by atoms with E-state index in [1.54, 1.807) is 0 Å². The number of amides is 1. The molecule has 0 saturated carbocycles. The number of anilines is 1. The molecule has 1 aliphatic heterocycles. The minimum atomic E-state index is -3.97. The predicted molar refractivity (Wildman–Crippen MR) is 79.5 cm³/mol. The molecule has 116 valence electrons. The molecule has 1 saturated heterocycles. The average molecular weight is 380 g/mol.